The van der Waals surface area contributed by atoms with Crippen molar-refractivity contribution < 1.29 is 0 Å². The Bertz CT molecular complexity index is 1100. The van der Waals surface area contributed by atoms with Gasteiger partial charge in [-0.05, 0) is 25.3 Å². The third kappa shape index (κ3) is 3.44. The second-order valence-electron chi connectivity index (χ2n) is 8.13. The van der Waals surface area contributed by atoms with Crippen molar-refractivity contribution in [2.75, 3.05) is 18.8 Å². The number of hydrogen-bond donors (Lipinski definition) is 1. The van der Waals surface area contributed by atoms with Gasteiger partial charge in [0, 0.05) is 68.2 Å². The van der Waals surface area contributed by atoms with Gasteiger partial charge in [-0.1, -0.05) is 0 Å². The highest BCUT2D eigenvalue weighted by Gasteiger charge is 2.35. The van der Waals surface area contributed by atoms with Gasteiger partial charge in [0.05, 0.1) is 17.7 Å². The topological polar surface area (TPSA) is 94.9 Å². The maximum absolute atomic E-state index is 12.8. The van der Waals surface area contributed by atoms with E-state index in [2.05, 4.69) is 43.6 Å². The molecule has 5 heterocycles. The number of imidazole rings is 1. The molecule has 2 atom stereocenters. The predicted molar refractivity (Wildman–Crippen MR) is 110 cm³/mol. The van der Waals surface area contributed by atoms with E-state index in [0.717, 1.165) is 56.1 Å². The van der Waals surface area contributed by atoms with Crippen molar-refractivity contribution in [2.24, 2.45) is 5.92 Å². The molecule has 29 heavy (non-hydrogen) atoms. The van der Waals surface area contributed by atoms with Crippen molar-refractivity contribution in [3.05, 3.63) is 58.8 Å². The Hall–Kier alpha value is -3.00. The van der Waals surface area contributed by atoms with Crippen molar-refractivity contribution in [3.63, 3.8) is 0 Å². The number of nitrogens with two attached hydrogens (primary N) is 1. The van der Waals surface area contributed by atoms with Crippen LogP contribution in [0.1, 0.15) is 30.7 Å². The molecule has 3 aromatic rings. The fourth-order valence-corrected chi connectivity index (χ4v) is 4.76. The molecule has 150 valence electrons. The zero-order chi connectivity index (χ0) is 20.0. The summed E-state index contributed by atoms with van der Waals surface area (Å²) in [4.78, 5) is 28.1. The highest BCUT2D eigenvalue weighted by molar-refractivity contribution is 5.61. The number of nitrogen functional groups attached to an aromatic ring is 1. The number of aromatic nitrogens is 5. The third-order valence-electron chi connectivity index (χ3n) is 6.05. The van der Waals surface area contributed by atoms with Gasteiger partial charge < -0.3 is 14.9 Å². The van der Waals surface area contributed by atoms with Gasteiger partial charge in [0.25, 0.3) is 5.56 Å². The number of fused-ring (bicyclic) bond motifs is 4. The molecule has 1 saturated heterocycles. The number of piperidine rings is 1. The Labute approximate surface area is 169 Å². The average molecular weight is 391 g/mol. The number of nitrogens with zero attached hydrogens (tertiary/aromatic N) is 6. The Morgan fingerprint density at radius 2 is 2.03 bits per heavy atom. The molecular formula is C21H25N7O. The van der Waals surface area contributed by atoms with Gasteiger partial charge in [0.2, 0.25) is 0 Å². The van der Waals surface area contributed by atoms with Crippen LogP contribution in [0.5, 0.6) is 0 Å². The lowest BCUT2D eigenvalue weighted by Crippen LogP contribution is -2.46. The van der Waals surface area contributed by atoms with Gasteiger partial charge in [-0.3, -0.25) is 9.69 Å². The number of aryl methyl sites for hydroxylation is 1. The smallest absolute Gasteiger partial charge is 0.251 e. The van der Waals surface area contributed by atoms with Crippen molar-refractivity contribution in [1.82, 2.24) is 29.0 Å². The average Bonchev–Trinajstić information content (AvgIpc) is 3.16. The maximum atomic E-state index is 12.8. The fourth-order valence-electron chi connectivity index (χ4n) is 4.76. The maximum Gasteiger partial charge on any atom is 0.251 e. The summed E-state index contributed by atoms with van der Waals surface area (Å²) >= 11 is 0. The first-order valence-electron chi connectivity index (χ1n) is 10.1. The summed E-state index contributed by atoms with van der Waals surface area (Å²) in [5.74, 6) is 1.23. The van der Waals surface area contributed by atoms with Crippen LogP contribution in [0.3, 0.4) is 0 Å². The minimum absolute atomic E-state index is 0.0412. The normalized spacial score (nSPS) is 21.1. The summed E-state index contributed by atoms with van der Waals surface area (Å²) in [6, 6.07) is 5.50. The monoisotopic (exact) mass is 391 g/mol. The van der Waals surface area contributed by atoms with E-state index in [-0.39, 0.29) is 5.56 Å². The van der Waals surface area contributed by atoms with Crippen LogP contribution >= 0.6 is 0 Å². The second-order valence-corrected chi connectivity index (χ2v) is 8.13. The van der Waals surface area contributed by atoms with Gasteiger partial charge >= 0.3 is 0 Å². The van der Waals surface area contributed by atoms with Gasteiger partial charge in [-0.2, -0.15) is 0 Å². The molecule has 8 nitrogen and oxygen atoms in total. The lowest BCUT2D eigenvalue weighted by molar-refractivity contribution is 0.113. The lowest BCUT2D eigenvalue weighted by atomic mass is 9.82. The molecule has 0 spiro atoms. The van der Waals surface area contributed by atoms with E-state index in [1.54, 1.807) is 12.1 Å². The second kappa shape index (κ2) is 7.11. The number of anilines is 1. The molecular weight excluding hydrogens is 366 g/mol. The minimum atomic E-state index is 0.0412. The molecule has 0 aliphatic carbocycles. The predicted octanol–water partition coefficient (Wildman–Crippen LogP) is 1.72. The highest BCUT2D eigenvalue weighted by atomic mass is 16.1. The summed E-state index contributed by atoms with van der Waals surface area (Å²) < 4.78 is 4.06. The first-order chi connectivity index (χ1) is 14.1. The number of hydrogen-bond acceptors (Lipinski definition) is 6. The zero-order valence-corrected chi connectivity index (χ0v) is 16.5. The van der Waals surface area contributed by atoms with Crippen LogP contribution in [-0.4, -0.2) is 42.1 Å². The summed E-state index contributed by atoms with van der Waals surface area (Å²) in [6.07, 6.45) is 6.58. The first-order valence-corrected chi connectivity index (χ1v) is 10.1. The van der Waals surface area contributed by atoms with Crippen LogP contribution < -0.4 is 11.3 Å². The molecule has 0 amide bonds. The lowest BCUT2D eigenvalue weighted by Gasteiger charge is -2.42. The zero-order valence-electron chi connectivity index (χ0n) is 16.5. The molecule has 0 unspecified atom stereocenters. The molecule has 0 radical (unpaired) electrons. The number of pyridine rings is 1. The molecule has 2 bridgehead atoms. The van der Waals surface area contributed by atoms with E-state index in [1.165, 1.54) is 6.33 Å². The fraction of sp³-hybridized carbons (Fsp3) is 0.429. The van der Waals surface area contributed by atoms with E-state index in [9.17, 15) is 4.79 Å². The van der Waals surface area contributed by atoms with Crippen LogP contribution in [0.4, 0.5) is 5.82 Å². The molecule has 5 rings (SSSR count). The van der Waals surface area contributed by atoms with Crippen LogP contribution in [0.2, 0.25) is 0 Å². The SMILES string of the molecule is CCn1cnc(CN2C[C@@H]3C[C@H](C2)c2cc(-c4cc(N)ncn4)cc(=O)n2C3)c1. The minimum Gasteiger partial charge on any atom is -0.384 e. The van der Waals surface area contributed by atoms with E-state index in [1.807, 2.05) is 10.9 Å². The highest BCUT2D eigenvalue weighted by Crippen LogP contribution is 2.36. The standard InChI is InChI=1S/C21H25N7O/c1-2-26-10-17(25-13-26)11-27-7-14-3-16(9-27)19-4-15(5-21(29)28(19)8-14)18-6-20(22)24-12-23-18/h4-6,10,12-14,16H,2-3,7-9,11H2,1H3,(H2,22,23,24)/t14-,16+/m0/s1. The van der Waals surface area contributed by atoms with Crippen LogP contribution in [0.25, 0.3) is 11.3 Å². The summed E-state index contributed by atoms with van der Waals surface area (Å²) in [5.41, 5.74) is 9.56. The Morgan fingerprint density at radius 1 is 1.14 bits per heavy atom. The Kier molecular flexibility index (Phi) is 4.43. The van der Waals surface area contributed by atoms with Crippen LogP contribution in [0, 0.1) is 5.92 Å². The van der Waals surface area contributed by atoms with E-state index < -0.39 is 0 Å². The van der Waals surface area contributed by atoms with Crippen molar-refractivity contribution in [3.8, 4) is 11.3 Å². The summed E-state index contributed by atoms with van der Waals surface area (Å²) in [7, 11) is 0. The molecule has 3 aromatic heterocycles. The molecule has 8 heteroatoms. The Balaban J connectivity index is 1.44. The summed E-state index contributed by atoms with van der Waals surface area (Å²) in [5, 5.41) is 0. The third-order valence-corrected chi connectivity index (χ3v) is 6.05. The molecule has 2 N–H and O–H groups in total. The van der Waals surface area contributed by atoms with Crippen molar-refractivity contribution in [2.45, 2.75) is 38.9 Å². The van der Waals surface area contributed by atoms with Crippen molar-refractivity contribution in [1.29, 1.82) is 0 Å². The summed E-state index contributed by atoms with van der Waals surface area (Å²) in [6.45, 7) is 6.62. The van der Waals surface area contributed by atoms with Gasteiger partial charge in [0.15, 0.2) is 0 Å². The quantitative estimate of drug-likeness (QED) is 0.728. The van der Waals surface area contributed by atoms with E-state index in [4.69, 9.17) is 5.73 Å². The van der Waals surface area contributed by atoms with E-state index >= 15 is 0 Å². The van der Waals surface area contributed by atoms with E-state index in [0.29, 0.717) is 23.3 Å². The van der Waals surface area contributed by atoms with Gasteiger partial charge in [-0.15, -0.1) is 0 Å². The van der Waals surface area contributed by atoms with Crippen LogP contribution in [0.15, 0.2) is 41.8 Å². The molecule has 2 aliphatic rings. The number of likely N-dealkylation sites (tertiary alicyclic amines) is 1. The Morgan fingerprint density at radius 3 is 2.83 bits per heavy atom. The van der Waals surface area contributed by atoms with Crippen molar-refractivity contribution >= 4 is 5.82 Å². The molecule has 1 fully saturated rings. The number of rotatable bonds is 4. The molecule has 2 aliphatic heterocycles. The molecule has 0 saturated carbocycles. The van der Waals surface area contributed by atoms with Crippen LogP contribution in [-0.2, 0) is 19.6 Å². The van der Waals surface area contributed by atoms with Gasteiger partial charge in [0.1, 0.15) is 12.1 Å². The largest absolute Gasteiger partial charge is 0.384 e. The first kappa shape index (κ1) is 18.1. The van der Waals surface area contributed by atoms with Gasteiger partial charge in [-0.25, -0.2) is 15.0 Å². The molecule has 0 aromatic carbocycles.